The van der Waals surface area contributed by atoms with Crippen LogP contribution in [0, 0.1) is 0 Å². The van der Waals surface area contributed by atoms with E-state index < -0.39 is 0 Å². The van der Waals surface area contributed by atoms with Crippen LogP contribution in [-0.2, 0) is 0 Å². The highest BCUT2D eigenvalue weighted by atomic mass is 16.1. The largest absolute Gasteiger partial charge is 0.350 e. The first kappa shape index (κ1) is 12.7. The van der Waals surface area contributed by atoms with Gasteiger partial charge in [-0.1, -0.05) is 0 Å². The maximum absolute atomic E-state index is 12.1. The lowest BCUT2D eigenvalue weighted by molar-refractivity contribution is 0.0950. The second-order valence-corrected chi connectivity index (χ2v) is 4.75. The first-order valence-corrected chi connectivity index (χ1v) is 6.65. The van der Waals surface area contributed by atoms with Crippen LogP contribution >= 0.6 is 0 Å². The molecule has 1 amide bonds. The molecule has 0 bridgehead atoms. The third-order valence-electron chi connectivity index (χ3n) is 3.33. The fourth-order valence-electron chi connectivity index (χ4n) is 2.26. The van der Waals surface area contributed by atoms with Gasteiger partial charge in [0.25, 0.3) is 5.91 Å². The molecule has 20 heavy (non-hydrogen) atoms. The standard InChI is InChI=1S/C13H16N6O/c20-13(17-7-11-2-1-4-15-11)10-3-5-16-12(6-10)19-9-14-8-18-19/h3,5-6,8-9,11,15H,1-2,4,7H2,(H,17,20). The number of carbonyl (C=O) groups is 1. The Balaban J connectivity index is 1.66. The maximum Gasteiger partial charge on any atom is 0.251 e. The summed E-state index contributed by atoms with van der Waals surface area (Å²) >= 11 is 0. The lowest BCUT2D eigenvalue weighted by Crippen LogP contribution is -2.37. The molecule has 2 N–H and O–H groups in total. The Bertz CT molecular complexity index is 576. The van der Waals surface area contributed by atoms with E-state index in [9.17, 15) is 4.79 Å². The van der Waals surface area contributed by atoms with Crippen LogP contribution in [0.5, 0.6) is 0 Å². The highest BCUT2D eigenvalue weighted by Crippen LogP contribution is 2.07. The van der Waals surface area contributed by atoms with Gasteiger partial charge in [-0.25, -0.2) is 14.6 Å². The van der Waals surface area contributed by atoms with Gasteiger partial charge in [-0.05, 0) is 31.5 Å². The normalized spacial score (nSPS) is 18.1. The van der Waals surface area contributed by atoms with Gasteiger partial charge in [-0.2, -0.15) is 5.10 Å². The Kier molecular flexibility index (Phi) is 3.69. The molecule has 7 heteroatoms. The van der Waals surface area contributed by atoms with Gasteiger partial charge in [0, 0.05) is 24.3 Å². The number of hydrogen-bond acceptors (Lipinski definition) is 5. The molecule has 0 aromatic carbocycles. The minimum Gasteiger partial charge on any atom is -0.350 e. The van der Waals surface area contributed by atoms with Gasteiger partial charge in [-0.3, -0.25) is 4.79 Å². The fourth-order valence-corrected chi connectivity index (χ4v) is 2.26. The average Bonchev–Trinajstić information content (AvgIpc) is 3.18. The van der Waals surface area contributed by atoms with Crippen LogP contribution in [0.1, 0.15) is 23.2 Å². The highest BCUT2D eigenvalue weighted by Gasteiger charge is 2.15. The highest BCUT2D eigenvalue weighted by molar-refractivity contribution is 5.94. The molecule has 0 spiro atoms. The average molecular weight is 272 g/mol. The molecule has 3 rings (SSSR count). The number of amides is 1. The number of aromatic nitrogens is 4. The van der Waals surface area contributed by atoms with E-state index in [1.807, 2.05) is 0 Å². The van der Waals surface area contributed by atoms with Crippen molar-refractivity contribution in [3.63, 3.8) is 0 Å². The molecule has 2 aromatic rings. The number of carbonyl (C=O) groups excluding carboxylic acids is 1. The van der Waals surface area contributed by atoms with E-state index in [1.54, 1.807) is 24.7 Å². The molecule has 1 fully saturated rings. The molecule has 0 radical (unpaired) electrons. The molecular weight excluding hydrogens is 256 g/mol. The predicted octanol–water partition coefficient (Wildman–Crippen LogP) is 0.144. The summed E-state index contributed by atoms with van der Waals surface area (Å²) in [6.07, 6.45) is 6.86. The van der Waals surface area contributed by atoms with Gasteiger partial charge < -0.3 is 10.6 Å². The van der Waals surface area contributed by atoms with Gasteiger partial charge in [0.15, 0.2) is 5.82 Å². The van der Waals surface area contributed by atoms with Crippen molar-refractivity contribution < 1.29 is 4.79 Å². The molecule has 1 aliphatic heterocycles. The SMILES string of the molecule is O=C(NCC1CCCN1)c1ccnc(-n2cncn2)c1. The van der Waals surface area contributed by atoms with Crippen molar-refractivity contribution in [2.75, 3.05) is 13.1 Å². The van der Waals surface area contributed by atoms with Gasteiger partial charge in [0.1, 0.15) is 12.7 Å². The number of nitrogens with one attached hydrogen (secondary N) is 2. The van der Waals surface area contributed by atoms with Crippen LogP contribution in [-0.4, -0.2) is 44.8 Å². The van der Waals surface area contributed by atoms with Crippen LogP contribution in [0.3, 0.4) is 0 Å². The van der Waals surface area contributed by atoms with Gasteiger partial charge >= 0.3 is 0 Å². The van der Waals surface area contributed by atoms with E-state index in [1.165, 1.54) is 17.4 Å². The number of hydrogen-bond donors (Lipinski definition) is 2. The molecule has 0 saturated carbocycles. The van der Waals surface area contributed by atoms with Crippen molar-refractivity contribution in [1.29, 1.82) is 0 Å². The van der Waals surface area contributed by atoms with Crippen LogP contribution in [0.25, 0.3) is 5.82 Å². The Morgan fingerprint density at radius 2 is 2.50 bits per heavy atom. The molecule has 1 unspecified atom stereocenters. The van der Waals surface area contributed by atoms with E-state index in [2.05, 4.69) is 25.7 Å². The molecule has 3 heterocycles. The minimum absolute atomic E-state index is 0.0949. The second kappa shape index (κ2) is 5.79. The smallest absolute Gasteiger partial charge is 0.251 e. The van der Waals surface area contributed by atoms with E-state index in [4.69, 9.17) is 0 Å². The predicted molar refractivity (Wildman–Crippen MR) is 72.5 cm³/mol. The van der Waals surface area contributed by atoms with E-state index in [-0.39, 0.29) is 5.91 Å². The summed E-state index contributed by atoms with van der Waals surface area (Å²) in [6.45, 7) is 1.69. The topological polar surface area (TPSA) is 84.7 Å². The summed E-state index contributed by atoms with van der Waals surface area (Å²) in [7, 11) is 0. The zero-order valence-corrected chi connectivity index (χ0v) is 11.0. The number of pyridine rings is 1. The first-order valence-electron chi connectivity index (χ1n) is 6.65. The van der Waals surface area contributed by atoms with Crippen molar-refractivity contribution in [1.82, 2.24) is 30.4 Å². The number of nitrogens with zero attached hydrogens (tertiary/aromatic N) is 4. The van der Waals surface area contributed by atoms with Crippen molar-refractivity contribution >= 4 is 5.91 Å². The summed E-state index contributed by atoms with van der Waals surface area (Å²) in [5.41, 5.74) is 0.573. The Morgan fingerprint density at radius 3 is 3.25 bits per heavy atom. The van der Waals surface area contributed by atoms with Gasteiger partial charge in [0.05, 0.1) is 0 Å². The second-order valence-electron chi connectivity index (χ2n) is 4.75. The Morgan fingerprint density at radius 1 is 1.55 bits per heavy atom. The lowest BCUT2D eigenvalue weighted by Gasteiger charge is -2.11. The van der Waals surface area contributed by atoms with E-state index >= 15 is 0 Å². The lowest BCUT2D eigenvalue weighted by atomic mass is 10.2. The van der Waals surface area contributed by atoms with Crippen molar-refractivity contribution in [3.8, 4) is 5.82 Å². The summed E-state index contributed by atoms with van der Waals surface area (Å²) in [6, 6.07) is 3.78. The van der Waals surface area contributed by atoms with Gasteiger partial charge in [-0.15, -0.1) is 0 Å². The molecule has 2 aromatic heterocycles. The quantitative estimate of drug-likeness (QED) is 0.827. The Hall–Kier alpha value is -2.28. The van der Waals surface area contributed by atoms with Crippen LogP contribution < -0.4 is 10.6 Å². The van der Waals surface area contributed by atoms with Crippen molar-refractivity contribution in [2.24, 2.45) is 0 Å². The summed E-state index contributed by atoms with van der Waals surface area (Å²) in [5.74, 6) is 0.483. The molecular formula is C13H16N6O. The van der Waals surface area contributed by atoms with Crippen LogP contribution in [0.2, 0.25) is 0 Å². The van der Waals surface area contributed by atoms with E-state index in [0.29, 0.717) is 24.0 Å². The third-order valence-corrected chi connectivity index (χ3v) is 3.33. The molecule has 7 nitrogen and oxygen atoms in total. The molecule has 1 aliphatic rings. The maximum atomic E-state index is 12.1. The van der Waals surface area contributed by atoms with Gasteiger partial charge in [0.2, 0.25) is 0 Å². The van der Waals surface area contributed by atoms with Crippen LogP contribution in [0.15, 0.2) is 31.0 Å². The molecule has 0 aliphatic carbocycles. The summed E-state index contributed by atoms with van der Waals surface area (Å²) in [4.78, 5) is 20.1. The number of rotatable bonds is 4. The summed E-state index contributed by atoms with van der Waals surface area (Å²) in [5, 5.41) is 10.3. The zero-order chi connectivity index (χ0) is 13.8. The minimum atomic E-state index is -0.0949. The Labute approximate surface area is 116 Å². The fraction of sp³-hybridized carbons (Fsp3) is 0.385. The van der Waals surface area contributed by atoms with Crippen molar-refractivity contribution in [2.45, 2.75) is 18.9 Å². The van der Waals surface area contributed by atoms with Crippen LogP contribution in [0.4, 0.5) is 0 Å². The van der Waals surface area contributed by atoms with E-state index in [0.717, 1.165) is 13.0 Å². The molecule has 1 atom stereocenters. The molecule has 1 saturated heterocycles. The van der Waals surface area contributed by atoms with Crippen molar-refractivity contribution in [3.05, 3.63) is 36.5 Å². The monoisotopic (exact) mass is 272 g/mol. The molecule has 104 valence electrons. The third kappa shape index (κ3) is 2.83. The summed E-state index contributed by atoms with van der Waals surface area (Å²) < 4.78 is 1.52. The first-order chi connectivity index (χ1) is 9.83. The zero-order valence-electron chi connectivity index (χ0n) is 11.0.